The van der Waals surface area contributed by atoms with Crippen LogP contribution in [0.3, 0.4) is 0 Å². The smallest absolute Gasteiger partial charge is 0.262 e. The summed E-state index contributed by atoms with van der Waals surface area (Å²) in [6.07, 6.45) is 2.98. The number of aryl methyl sites for hydroxylation is 2. The molecule has 1 N–H and O–H groups in total. The van der Waals surface area contributed by atoms with E-state index in [9.17, 15) is 12.8 Å². The third-order valence-corrected chi connectivity index (χ3v) is 6.96. The average Bonchev–Trinajstić information content (AvgIpc) is 3.30. The number of hydrogen-bond acceptors (Lipinski definition) is 4. The highest BCUT2D eigenvalue weighted by Crippen LogP contribution is 2.33. The summed E-state index contributed by atoms with van der Waals surface area (Å²) in [5.74, 6) is -0.428. The summed E-state index contributed by atoms with van der Waals surface area (Å²) in [5, 5.41) is 3.51. The van der Waals surface area contributed by atoms with E-state index in [1.165, 1.54) is 29.0 Å². The zero-order valence-electron chi connectivity index (χ0n) is 16.3. The molecule has 152 valence electrons. The molecule has 2 heterocycles. The number of nitrogens with zero attached hydrogens (tertiary/aromatic N) is 3. The van der Waals surface area contributed by atoms with Crippen molar-refractivity contribution in [2.45, 2.75) is 23.9 Å². The Morgan fingerprint density at radius 2 is 1.90 bits per heavy atom. The average molecular weight is 415 g/mol. The molecule has 3 aromatic rings. The summed E-state index contributed by atoms with van der Waals surface area (Å²) < 4.78 is 42.7. The first-order chi connectivity index (χ1) is 13.8. The van der Waals surface area contributed by atoms with Crippen molar-refractivity contribution in [1.29, 1.82) is 0 Å². The molecule has 0 amide bonds. The molecule has 1 aromatic heterocycles. The Hall–Kier alpha value is -2.71. The molecule has 4 rings (SSSR count). The van der Waals surface area contributed by atoms with Gasteiger partial charge in [0.25, 0.3) is 10.0 Å². The molecular weight excluding hydrogens is 391 g/mol. The number of hydrogen-bond donors (Lipinski definition) is 1. The van der Waals surface area contributed by atoms with E-state index in [-0.39, 0.29) is 22.8 Å². The molecule has 0 unspecified atom stereocenters. The van der Waals surface area contributed by atoms with Crippen LogP contribution in [0.4, 0.5) is 10.1 Å². The Kier molecular flexibility index (Phi) is 5.14. The monoisotopic (exact) mass is 414 g/mol. The highest BCUT2D eigenvalue weighted by atomic mass is 32.2. The van der Waals surface area contributed by atoms with E-state index in [1.807, 2.05) is 31.2 Å². The lowest BCUT2D eigenvalue weighted by Crippen LogP contribution is -2.32. The molecule has 1 aliphatic rings. The summed E-state index contributed by atoms with van der Waals surface area (Å²) in [4.78, 5) is 4.03. The van der Waals surface area contributed by atoms with Crippen molar-refractivity contribution in [1.82, 2.24) is 13.9 Å². The minimum absolute atomic E-state index is 0.0362. The van der Waals surface area contributed by atoms with Crippen molar-refractivity contribution < 1.29 is 12.8 Å². The van der Waals surface area contributed by atoms with Gasteiger partial charge in [0.1, 0.15) is 5.82 Å². The first-order valence-electron chi connectivity index (χ1n) is 9.40. The molecule has 2 atom stereocenters. The van der Waals surface area contributed by atoms with E-state index in [2.05, 4.69) is 10.3 Å². The highest BCUT2D eigenvalue weighted by molar-refractivity contribution is 7.89. The summed E-state index contributed by atoms with van der Waals surface area (Å²) in [6, 6.07) is 14.1. The van der Waals surface area contributed by atoms with Gasteiger partial charge in [0.2, 0.25) is 0 Å². The maximum absolute atomic E-state index is 13.4. The Morgan fingerprint density at radius 1 is 1.14 bits per heavy atom. The lowest BCUT2D eigenvalue weighted by Gasteiger charge is -2.21. The van der Waals surface area contributed by atoms with Gasteiger partial charge in [-0.05, 0) is 42.3 Å². The van der Waals surface area contributed by atoms with Gasteiger partial charge in [-0.25, -0.2) is 17.8 Å². The van der Waals surface area contributed by atoms with Gasteiger partial charge in [-0.1, -0.05) is 24.3 Å². The molecule has 0 bridgehead atoms. The van der Waals surface area contributed by atoms with E-state index in [4.69, 9.17) is 0 Å². The van der Waals surface area contributed by atoms with E-state index < -0.39 is 10.0 Å². The van der Waals surface area contributed by atoms with Gasteiger partial charge in [-0.3, -0.25) is 0 Å². The molecular formula is C21H23FN4O2S. The van der Waals surface area contributed by atoms with Crippen LogP contribution in [0, 0.1) is 12.7 Å². The van der Waals surface area contributed by atoms with Crippen molar-refractivity contribution in [3.05, 3.63) is 78.0 Å². The Labute approximate surface area is 170 Å². The van der Waals surface area contributed by atoms with E-state index in [1.54, 1.807) is 23.7 Å². The summed E-state index contributed by atoms with van der Waals surface area (Å²) in [5.41, 5.74) is 2.94. The van der Waals surface area contributed by atoms with Crippen molar-refractivity contribution in [3.63, 3.8) is 0 Å². The number of rotatable bonds is 5. The number of imidazole rings is 1. The number of anilines is 1. The van der Waals surface area contributed by atoms with Crippen molar-refractivity contribution >= 4 is 15.7 Å². The quantitative estimate of drug-likeness (QED) is 0.697. The van der Waals surface area contributed by atoms with Gasteiger partial charge < -0.3 is 9.88 Å². The first-order valence-corrected chi connectivity index (χ1v) is 10.8. The van der Waals surface area contributed by atoms with Crippen molar-refractivity contribution in [2.75, 3.05) is 18.4 Å². The third-order valence-electron chi connectivity index (χ3n) is 5.24. The molecule has 1 fully saturated rings. The molecule has 6 nitrogen and oxygen atoms in total. The van der Waals surface area contributed by atoms with Gasteiger partial charge in [0.05, 0.1) is 6.33 Å². The van der Waals surface area contributed by atoms with Gasteiger partial charge in [0.15, 0.2) is 5.03 Å². The van der Waals surface area contributed by atoms with E-state index in [0.717, 1.165) is 16.8 Å². The lowest BCUT2D eigenvalue weighted by molar-refractivity contribution is 0.468. The summed E-state index contributed by atoms with van der Waals surface area (Å²) in [7, 11) is -1.98. The van der Waals surface area contributed by atoms with Crippen LogP contribution in [0.2, 0.25) is 0 Å². The van der Waals surface area contributed by atoms with Gasteiger partial charge in [-0.15, -0.1) is 0 Å². The zero-order valence-corrected chi connectivity index (χ0v) is 17.1. The molecule has 1 aliphatic heterocycles. The SMILES string of the molecule is Cc1cccc(N[C@H]2CN(S(=O)(=O)c3cn(C)cn3)C[C@@H]2c2ccc(F)cc2)c1. The Bertz CT molecular complexity index is 1110. The van der Waals surface area contributed by atoms with Crippen LogP contribution < -0.4 is 5.32 Å². The van der Waals surface area contributed by atoms with E-state index >= 15 is 0 Å². The number of halogens is 1. The minimum Gasteiger partial charge on any atom is -0.380 e. The second-order valence-electron chi connectivity index (χ2n) is 7.48. The predicted molar refractivity (Wildman–Crippen MR) is 110 cm³/mol. The largest absolute Gasteiger partial charge is 0.380 e. The predicted octanol–water partition coefficient (Wildman–Crippen LogP) is 3.14. The van der Waals surface area contributed by atoms with Crippen LogP contribution in [0.25, 0.3) is 0 Å². The highest BCUT2D eigenvalue weighted by Gasteiger charge is 2.41. The van der Waals surface area contributed by atoms with Crippen LogP contribution >= 0.6 is 0 Å². The van der Waals surface area contributed by atoms with Crippen LogP contribution in [0.5, 0.6) is 0 Å². The van der Waals surface area contributed by atoms with Gasteiger partial charge >= 0.3 is 0 Å². The third kappa shape index (κ3) is 4.04. The second-order valence-corrected chi connectivity index (χ2v) is 9.36. The fourth-order valence-corrected chi connectivity index (χ4v) is 5.22. The summed E-state index contributed by atoms with van der Waals surface area (Å²) >= 11 is 0. The Balaban J connectivity index is 1.66. The van der Waals surface area contributed by atoms with Crippen molar-refractivity contribution in [2.24, 2.45) is 7.05 Å². The number of sulfonamides is 1. The summed E-state index contributed by atoms with van der Waals surface area (Å²) in [6.45, 7) is 2.61. The van der Waals surface area contributed by atoms with Crippen LogP contribution in [-0.2, 0) is 17.1 Å². The molecule has 0 saturated carbocycles. The number of nitrogens with one attached hydrogen (secondary N) is 1. The second kappa shape index (κ2) is 7.61. The minimum atomic E-state index is -3.71. The Morgan fingerprint density at radius 3 is 2.55 bits per heavy atom. The normalized spacial score (nSPS) is 20.1. The van der Waals surface area contributed by atoms with Gasteiger partial charge in [-0.2, -0.15) is 4.31 Å². The van der Waals surface area contributed by atoms with Crippen molar-refractivity contribution in [3.8, 4) is 0 Å². The standard InChI is InChI=1S/C21H23FN4O2S/c1-15-4-3-5-18(10-15)24-20-12-26(29(27,28)21-13-25(2)14-23-21)11-19(20)16-6-8-17(22)9-7-16/h3-10,13-14,19-20,24H,11-12H2,1-2H3/t19-,20+/m1/s1. The maximum atomic E-state index is 13.4. The topological polar surface area (TPSA) is 67.2 Å². The number of aromatic nitrogens is 2. The van der Waals surface area contributed by atoms with Crippen LogP contribution in [0.15, 0.2) is 66.1 Å². The van der Waals surface area contributed by atoms with Gasteiger partial charge in [0, 0.05) is 44.0 Å². The molecule has 0 aliphatic carbocycles. The fourth-order valence-electron chi connectivity index (χ4n) is 3.76. The number of benzene rings is 2. The van der Waals surface area contributed by atoms with E-state index in [0.29, 0.717) is 13.1 Å². The zero-order chi connectivity index (χ0) is 20.6. The van der Waals surface area contributed by atoms with Crippen LogP contribution in [0.1, 0.15) is 17.0 Å². The fraction of sp³-hybridized carbons (Fsp3) is 0.286. The molecule has 0 radical (unpaired) electrons. The lowest BCUT2D eigenvalue weighted by atomic mass is 9.94. The van der Waals surface area contributed by atoms with Crippen LogP contribution in [-0.4, -0.2) is 41.4 Å². The molecule has 1 saturated heterocycles. The molecule has 29 heavy (non-hydrogen) atoms. The molecule has 2 aromatic carbocycles. The molecule has 0 spiro atoms. The first kappa shape index (κ1) is 19.6. The molecule has 8 heteroatoms. The maximum Gasteiger partial charge on any atom is 0.262 e.